The summed E-state index contributed by atoms with van der Waals surface area (Å²) >= 11 is 0. The lowest BCUT2D eigenvalue weighted by Crippen LogP contribution is -2.43. The third-order valence-corrected chi connectivity index (χ3v) is 3.65. The zero-order valence-corrected chi connectivity index (χ0v) is 10.7. The molecule has 0 unspecified atom stereocenters. The van der Waals surface area contributed by atoms with Crippen molar-refractivity contribution < 1.29 is 5.11 Å². The molecule has 5 heteroatoms. The molecule has 1 aromatic rings. The Bertz CT molecular complexity index is 384. The summed E-state index contributed by atoms with van der Waals surface area (Å²) in [4.78, 5) is 2.27. The number of nitrogens with zero attached hydrogens (tertiary/aromatic N) is 3. The van der Waals surface area contributed by atoms with Crippen molar-refractivity contribution in [3.8, 4) is 0 Å². The van der Waals surface area contributed by atoms with Gasteiger partial charge in [0, 0.05) is 31.7 Å². The molecule has 1 fully saturated rings. The number of aliphatic hydroxyl groups excluding tert-OH is 1. The number of hydrogen-bond acceptors (Lipinski definition) is 4. The van der Waals surface area contributed by atoms with E-state index in [0.29, 0.717) is 19.1 Å². The lowest BCUT2D eigenvalue weighted by atomic mass is 9.91. The molecule has 0 aromatic carbocycles. The van der Waals surface area contributed by atoms with E-state index in [1.54, 1.807) is 0 Å². The fourth-order valence-corrected chi connectivity index (χ4v) is 2.56. The van der Waals surface area contributed by atoms with E-state index in [1.807, 2.05) is 18.7 Å². The summed E-state index contributed by atoms with van der Waals surface area (Å²) in [5.74, 6) is 1.09. The number of aliphatic hydroxyl groups is 1. The molecule has 0 bridgehead atoms. The van der Waals surface area contributed by atoms with Crippen molar-refractivity contribution in [3.05, 3.63) is 11.3 Å². The largest absolute Gasteiger partial charge is 0.395 e. The second-order valence-electron chi connectivity index (χ2n) is 4.72. The number of aromatic nitrogens is 2. The van der Waals surface area contributed by atoms with Crippen LogP contribution in [-0.4, -0.2) is 34.1 Å². The van der Waals surface area contributed by atoms with Crippen LogP contribution in [0.15, 0.2) is 0 Å². The van der Waals surface area contributed by atoms with E-state index in [9.17, 15) is 5.11 Å². The molecular weight excluding hydrogens is 216 g/mol. The van der Waals surface area contributed by atoms with Crippen molar-refractivity contribution >= 4 is 5.82 Å². The SMILES string of the molecule is Cc1nn(C)c(N(CCO)C2CCC2)c1CN. The van der Waals surface area contributed by atoms with Gasteiger partial charge >= 0.3 is 0 Å². The zero-order chi connectivity index (χ0) is 12.4. The van der Waals surface area contributed by atoms with Gasteiger partial charge in [0.05, 0.1) is 12.3 Å². The van der Waals surface area contributed by atoms with Gasteiger partial charge in [0.15, 0.2) is 0 Å². The number of hydrogen-bond donors (Lipinski definition) is 2. The Morgan fingerprint density at radius 1 is 1.53 bits per heavy atom. The van der Waals surface area contributed by atoms with Crippen molar-refractivity contribution in [3.63, 3.8) is 0 Å². The molecule has 5 nitrogen and oxygen atoms in total. The van der Waals surface area contributed by atoms with Gasteiger partial charge in [-0.05, 0) is 26.2 Å². The second kappa shape index (κ2) is 5.06. The van der Waals surface area contributed by atoms with Gasteiger partial charge in [-0.3, -0.25) is 4.68 Å². The quantitative estimate of drug-likeness (QED) is 0.785. The van der Waals surface area contributed by atoms with E-state index in [-0.39, 0.29) is 6.61 Å². The van der Waals surface area contributed by atoms with Gasteiger partial charge in [-0.25, -0.2) is 0 Å². The Morgan fingerprint density at radius 3 is 2.71 bits per heavy atom. The van der Waals surface area contributed by atoms with E-state index >= 15 is 0 Å². The molecule has 0 atom stereocenters. The maximum absolute atomic E-state index is 9.23. The number of anilines is 1. The standard InChI is InChI=1S/C12H22N4O/c1-9-11(8-13)12(15(2)14-9)16(6-7-17)10-4-3-5-10/h10,17H,3-8,13H2,1-2H3. The van der Waals surface area contributed by atoms with Crippen LogP contribution >= 0.6 is 0 Å². The number of rotatable bonds is 5. The average molecular weight is 238 g/mol. The highest BCUT2D eigenvalue weighted by molar-refractivity contribution is 5.51. The predicted octanol–water partition coefficient (Wildman–Crippen LogP) is 0.538. The van der Waals surface area contributed by atoms with Crippen LogP contribution in [0.4, 0.5) is 5.82 Å². The Labute approximate surface area is 102 Å². The van der Waals surface area contributed by atoms with Gasteiger partial charge < -0.3 is 15.7 Å². The summed E-state index contributed by atoms with van der Waals surface area (Å²) in [5.41, 5.74) is 7.91. The second-order valence-corrected chi connectivity index (χ2v) is 4.72. The van der Waals surface area contributed by atoms with Gasteiger partial charge in [0.1, 0.15) is 5.82 Å². The molecule has 0 saturated heterocycles. The van der Waals surface area contributed by atoms with Crippen molar-refractivity contribution in [2.24, 2.45) is 12.8 Å². The Balaban J connectivity index is 2.33. The minimum absolute atomic E-state index is 0.171. The third-order valence-electron chi connectivity index (χ3n) is 3.65. The van der Waals surface area contributed by atoms with E-state index in [4.69, 9.17) is 5.73 Å². The first-order valence-corrected chi connectivity index (χ1v) is 6.29. The van der Waals surface area contributed by atoms with E-state index in [2.05, 4.69) is 10.00 Å². The predicted molar refractivity (Wildman–Crippen MR) is 67.9 cm³/mol. The van der Waals surface area contributed by atoms with E-state index in [1.165, 1.54) is 19.3 Å². The van der Waals surface area contributed by atoms with Gasteiger partial charge in [-0.1, -0.05) is 0 Å². The van der Waals surface area contributed by atoms with Crippen LogP contribution in [0, 0.1) is 6.92 Å². The highest BCUT2D eigenvalue weighted by Gasteiger charge is 2.28. The molecule has 0 radical (unpaired) electrons. The maximum atomic E-state index is 9.23. The van der Waals surface area contributed by atoms with Crippen LogP contribution < -0.4 is 10.6 Å². The highest BCUT2D eigenvalue weighted by Crippen LogP contribution is 2.32. The molecule has 1 aliphatic rings. The summed E-state index contributed by atoms with van der Waals surface area (Å²) in [5, 5.41) is 13.7. The summed E-state index contributed by atoms with van der Waals surface area (Å²) in [6.45, 7) is 3.33. The molecule has 17 heavy (non-hydrogen) atoms. The fraction of sp³-hybridized carbons (Fsp3) is 0.750. The first kappa shape index (κ1) is 12.4. The molecule has 2 rings (SSSR count). The molecular formula is C12H22N4O. The van der Waals surface area contributed by atoms with E-state index in [0.717, 1.165) is 17.1 Å². The topological polar surface area (TPSA) is 67.3 Å². The van der Waals surface area contributed by atoms with Crippen LogP contribution in [-0.2, 0) is 13.6 Å². The molecule has 1 saturated carbocycles. The molecule has 0 aliphatic heterocycles. The first-order chi connectivity index (χ1) is 8.19. The molecule has 1 aromatic heterocycles. The summed E-state index contributed by atoms with van der Waals surface area (Å²) in [7, 11) is 1.95. The first-order valence-electron chi connectivity index (χ1n) is 6.29. The van der Waals surface area contributed by atoms with Gasteiger partial charge in [-0.2, -0.15) is 5.10 Å². The third kappa shape index (κ3) is 2.17. The molecule has 3 N–H and O–H groups in total. The number of aryl methyl sites for hydroxylation is 2. The van der Waals surface area contributed by atoms with Gasteiger partial charge in [0.25, 0.3) is 0 Å². The minimum Gasteiger partial charge on any atom is -0.395 e. The van der Waals surface area contributed by atoms with Gasteiger partial charge in [-0.15, -0.1) is 0 Å². The highest BCUT2D eigenvalue weighted by atomic mass is 16.3. The van der Waals surface area contributed by atoms with Crippen LogP contribution in [0.25, 0.3) is 0 Å². The fourth-order valence-electron chi connectivity index (χ4n) is 2.56. The average Bonchev–Trinajstić information content (AvgIpc) is 2.49. The van der Waals surface area contributed by atoms with Crippen LogP contribution in [0.5, 0.6) is 0 Å². The van der Waals surface area contributed by atoms with Crippen molar-refractivity contribution in [2.45, 2.75) is 38.8 Å². The lowest BCUT2D eigenvalue weighted by molar-refractivity contribution is 0.282. The Kier molecular flexibility index (Phi) is 3.69. The van der Waals surface area contributed by atoms with Crippen LogP contribution in [0.2, 0.25) is 0 Å². The minimum atomic E-state index is 0.171. The molecule has 96 valence electrons. The van der Waals surface area contributed by atoms with Gasteiger partial charge in [0.2, 0.25) is 0 Å². The zero-order valence-electron chi connectivity index (χ0n) is 10.7. The molecule has 0 amide bonds. The molecule has 1 heterocycles. The van der Waals surface area contributed by atoms with Crippen molar-refractivity contribution in [2.75, 3.05) is 18.1 Å². The summed E-state index contributed by atoms with van der Waals surface area (Å²) in [6.07, 6.45) is 3.68. The smallest absolute Gasteiger partial charge is 0.131 e. The Hall–Kier alpha value is -1.07. The summed E-state index contributed by atoms with van der Waals surface area (Å²) in [6, 6.07) is 0.544. The van der Waals surface area contributed by atoms with E-state index < -0.39 is 0 Å². The molecule has 0 spiro atoms. The van der Waals surface area contributed by atoms with Crippen molar-refractivity contribution in [1.29, 1.82) is 0 Å². The monoisotopic (exact) mass is 238 g/mol. The maximum Gasteiger partial charge on any atom is 0.131 e. The Morgan fingerprint density at radius 2 is 2.24 bits per heavy atom. The molecule has 1 aliphatic carbocycles. The van der Waals surface area contributed by atoms with Crippen LogP contribution in [0.1, 0.15) is 30.5 Å². The normalized spacial score (nSPS) is 16.0. The summed E-state index contributed by atoms with van der Waals surface area (Å²) < 4.78 is 1.89. The van der Waals surface area contributed by atoms with Crippen molar-refractivity contribution in [1.82, 2.24) is 9.78 Å². The number of nitrogens with two attached hydrogens (primary N) is 1. The van der Waals surface area contributed by atoms with Crippen LogP contribution in [0.3, 0.4) is 0 Å². The lowest BCUT2D eigenvalue weighted by Gasteiger charge is -2.39.